The molecule has 0 saturated heterocycles. The summed E-state index contributed by atoms with van der Waals surface area (Å²) >= 11 is 6.03. The predicted molar refractivity (Wildman–Crippen MR) is 105 cm³/mol. The molecule has 4 rings (SSSR count). The maximum absolute atomic E-state index is 12.9. The lowest BCUT2D eigenvalue weighted by Crippen LogP contribution is -2.29. The summed E-state index contributed by atoms with van der Waals surface area (Å²) in [4.78, 5) is 21.7. The first kappa shape index (κ1) is 17.3. The molecule has 2 heterocycles. The smallest absolute Gasteiger partial charge is 0.270 e. The summed E-state index contributed by atoms with van der Waals surface area (Å²) in [5.41, 5.74) is 3.39. The van der Waals surface area contributed by atoms with E-state index in [0.717, 1.165) is 22.2 Å². The second-order valence-corrected chi connectivity index (χ2v) is 6.87. The highest BCUT2D eigenvalue weighted by Crippen LogP contribution is 2.24. The molecular formula is C20H18ClN5O. The van der Waals surface area contributed by atoms with Gasteiger partial charge in [-0.3, -0.25) is 4.79 Å². The number of hydrogen-bond donors (Lipinski definition) is 1. The average molecular weight is 380 g/mol. The second kappa shape index (κ2) is 6.89. The van der Waals surface area contributed by atoms with Gasteiger partial charge >= 0.3 is 0 Å². The summed E-state index contributed by atoms with van der Waals surface area (Å²) in [6, 6.07) is 15.2. The van der Waals surface area contributed by atoms with E-state index < -0.39 is 0 Å². The molecule has 0 fully saturated rings. The Bertz CT molecular complexity index is 1090. The number of rotatable bonds is 4. The van der Waals surface area contributed by atoms with Gasteiger partial charge in [-0.1, -0.05) is 23.7 Å². The monoisotopic (exact) mass is 379 g/mol. The molecule has 136 valence electrons. The molecule has 0 aliphatic carbocycles. The Labute approximate surface area is 161 Å². The van der Waals surface area contributed by atoms with Crippen LogP contribution in [-0.4, -0.2) is 37.6 Å². The molecule has 0 spiro atoms. The zero-order chi connectivity index (χ0) is 19.0. The van der Waals surface area contributed by atoms with Gasteiger partial charge in [0.15, 0.2) is 0 Å². The van der Waals surface area contributed by atoms with Crippen LogP contribution in [-0.2, 0) is 0 Å². The number of benzene rings is 2. The summed E-state index contributed by atoms with van der Waals surface area (Å²) in [6.45, 7) is 2.00. The Morgan fingerprint density at radius 1 is 1.19 bits per heavy atom. The van der Waals surface area contributed by atoms with E-state index in [2.05, 4.69) is 15.1 Å². The number of H-pyrrole nitrogens is 1. The van der Waals surface area contributed by atoms with Crippen molar-refractivity contribution in [3.05, 3.63) is 77.5 Å². The van der Waals surface area contributed by atoms with E-state index in [1.807, 2.05) is 49.4 Å². The van der Waals surface area contributed by atoms with Gasteiger partial charge in [0.1, 0.15) is 18.3 Å². The molecule has 0 aliphatic rings. The zero-order valence-electron chi connectivity index (χ0n) is 14.9. The summed E-state index contributed by atoms with van der Waals surface area (Å²) in [5.74, 6) is -0.0739. The maximum Gasteiger partial charge on any atom is 0.270 e. The Morgan fingerprint density at radius 2 is 1.96 bits per heavy atom. The van der Waals surface area contributed by atoms with Gasteiger partial charge in [-0.25, -0.2) is 9.67 Å². The Kier molecular flexibility index (Phi) is 4.41. The molecular weight excluding hydrogens is 362 g/mol. The number of amides is 1. The standard InChI is InChI=1S/C20H18ClN5O/c1-13(14-3-6-17(7-4-14)26-12-22-11-23-26)25(2)20(27)19-10-15-9-16(21)5-8-18(15)24-19/h3-13,24H,1-2H3/t13-/m1/s1. The first-order valence-corrected chi connectivity index (χ1v) is 8.91. The lowest BCUT2D eigenvalue weighted by molar-refractivity contribution is 0.0737. The van der Waals surface area contributed by atoms with Crippen molar-refractivity contribution < 1.29 is 4.79 Å². The minimum Gasteiger partial charge on any atom is -0.351 e. The van der Waals surface area contributed by atoms with Gasteiger partial charge in [0.25, 0.3) is 5.91 Å². The third kappa shape index (κ3) is 3.31. The van der Waals surface area contributed by atoms with Gasteiger partial charge in [-0.05, 0) is 48.9 Å². The lowest BCUT2D eigenvalue weighted by atomic mass is 10.1. The zero-order valence-corrected chi connectivity index (χ0v) is 15.7. The first-order valence-electron chi connectivity index (χ1n) is 8.53. The van der Waals surface area contributed by atoms with Gasteiger partial charge < -0.3 is 9.88 Å². The van der Waals surface area contributed by atoms with Gasteiger partial charge in [0.2, 0.25) is 0 Å². The molecule has 1 amide bonds. The van der Waals surface area contributed by atoms with Crippen LogP contribution in [0.1, 0.15) is 29.0 Å². The molecule has 4 aromatic rings. The highest BCUT2D eigenvalue weighted by Gasteiger charge is 2.20. The van der Waals surface area contributed by atoms with E-state index in [4.69, 9.17) is 11.6 Å². The van der Waals surface area contributed by atoms with E-state index >= 15 is 0 Å². The van der Waals surface area contributed by atoms with Crippen molar-refractivity contribution in [2.45, 2.75) is 13.0 Å². The van der Waals surface area contributed by atoms with Crippen LogP contribution in [0, 0.1) is 0 Å². The fourth-order valence-electron chi connectivity index (χ4n) is 3.06. The summed E-state index contributed by atoms with van der Waals surface area (Å²) in [7, 11) is 1.80. The van der Waals surface area contributed by atoms with Crippen molar-refractivity contribution in [1.82, 2.24) is 24.6 Å². The molecule has 0 bridgehead atoms. The molecule has 1 N–H and O–H groups in total. The number of carbonyl (C=O) groups excluding carboxylic acids is 1. The SMILES string of the molecule is C[C@H](c1ccc(-n2cncn2)cc1)N(C)C(=O)c1cc2cc(Cl)ccc2[nH]1. The summed E-state index contributed by atoms with van der Waals surface area (Å²) in [6.07, 6.45) is 3.15. The third-order valence-electron chi connectivity index (χ3n) is 4.77. The molecule has 6 nitrogen and oxygen atoms in total. The maximum atomic E-state index is 12.9. The van der Waals surface area contributed by atoms with Crippen molar-refractivity contribution in [3.8, 4) is 5.69 Å². The molecule has 0 aliphatic heterocycles. The van der Waals surface area contributed by atoms with E-state index in [0.29, 0.717) is 10.7 Å². The molecule has 1 atom stereocenters. The van der Waals surface area contributed by atoms with Crippen LogP contribution < -0.4 is 0 Å². The Balaban J connectivity index is 1.55. The molecule has 7 heteroatoms. The van der Waals surface area contributed by atoms with Crippen LogP contribution in [0.3, 0.4) is 0 Å². The number of nitrogens with zero attached hydrogens (tertiary/aromatic N) is 4. The number of aromatic nitrogens is 4. The fourth-order valence-corrected chi connectivity index (χ4v) is 3.24. The minimum atomic E-state index is -0.0858. The highest BCUT2D eigenvalue weighted by molar-refractivity contribution is 6.31. The van der Waals surface area contributed by atoms with E-state index in [-0.39, 0.29) is 11.9 Å². The van der Waals surface area contributed by atoms with Crippen LogP contribution in [0.15, 0.2) is 61.2 Å². The van der Waals surface area contributed by atoms with Gasteiger partial charge in [-0.2, -0.15) is 5.10 Å². The average Bonchev–Trinajstić information content (AvgIpc) is 3.36. The van der Waals surface area contributed by atoms with Gasteiger partial charge in [-0.15, -0.1) is 0 Å². The molecule has 2 aromatic heterocycles. The predicted octanol–water partition coefficient (Wildman–Crippen LogP) is 4.24. The number of fused-ring (bicyclic) bond motifs is 1. The van der Waals surface area contributed by atoms with Crippen LogP contribution in [0.25, 0.3) is 16.6 Å². The largest absolute Gasteiger partial charge is 0.351 e. The topological polar surface area (TPSA) is 66.8 Å². The number of nitrogens with one attached hydrogen (secondary N) is 1. The van der Waals surface area contributed by atoms with Crippen molar-refractivity contribution in [1.29, 1.82) is 0 Å². The Morgan fingerprint density at radius 3 is 2.67 bits per heavy atom. The van der Waals surface area contributed by atoms with Gasteiger partial charge in [0, 0.05) is 23.0 Å². The molecule has 0 saturated carbocycles. The highest BCUT2D eigenvalue weighted by atomic mass is 35.5. The van der Waals surface area contributed by atoms with Crippen molar-refractivity contribution >= 4 is 28.4 Å². The molecule has 2 aromatic carbocycles. The summed E-state index contributed by atoms with van der Waals surface area (Å²) < 4.78 is 1.69. The Hall–Kier alpha value is -3.12. The third-order valence-corrected chi connectivity index (χ3v) is 5.01. The number of halogens is 1. The van der Waals surface area contributed by atoms with Crippen LogP contribution in [0.4, 0.5) is 0 Å². The molecule has 0 radical (unpaired) electrons. The van der Waals surface area contributed by atoms with E-state index in [1.54, 1.807) is 29.0 Å². The molecule has 27 heavy (non-hydrogen) atoms. The van der Waals surface area contributed by atoms with Crippen molar-refractivity contribution in [3.63, 3.8) is 0 Å². The van der Waals surface area contributed by atoms with Gasteiger partial charge in [0.05, 0.1) is 11.7 Å². The van der Waals surface area contributed by atoms with Crippen molar-refractivity contribution in [2.75, 3.05) is 7.05 Å². The molecule has 0 unspecified atom stereocenters. The number of carbonyl (C=O) groups is 1. The van der Waals surface area contributed by atoms with Crippen LogP contribution in [0.5, 0.6) is 0 Å². The number of hydrogen-bond acceptors (Lipinski definition) is 3. The fraction of sp³-hybridized carbons (Fsp3) is 0.150. The quantitative estimate of drug-likeness (QED) is 0.576. The lowest BCUT2D eigenvalue weighted by Gasteiger charge is -2.25. The minimum absolute atomic E-state index is 0.0739. The first-order chi connectivity index (χ1) is 13.0. The van der Waals surface area contributed by atoms with Crippen LogP contribution >= 0.6 is 11.6 Å². The summed E-state index contributed by atoms with van der Waals surface area (Å²) in [5, 5.41) is 5.69. The van der Waals surface area contributed by atoms with Crippen molar-refractivity contribution in [2.24, 2.45) is 0 Å². The van der Waals surface area contributed by atoms with E-state index in [1.165, 1.54) is 6.33 Å². The number of aromatic amines is 1. The van der Waals surface area contributed by atoms with Crippen LogP contribution in [0.2, 0.25) is 5.02 Å². The second-order valence-electron chi connectivity index (χ2n) is 6.44. The van der Waals surface area contributed by atoms with E-state index in [9.17, 15) is 4.79 Å². The normalized spacial score (nSPS) is 12.3.